The molecule has 4 rings (SSSR count). The van der Waals surface area contributed by atoms with E-state index in [4.69, 9.17) is 20.8 Å². The smallest absolute Gasteiger partial charge is 0.339 e. The van der Waals surface area contributed by atoms with Gasteiger partial charge in [-0.2, -0.15) is 0 Å². The summed E-state index contributed by atoms with van der Waals surface area (Å²) in [5, 5.41) is 1.42. The van der Waals surface area contributed by atoms with Crippen LogP contribution in [0.3, 0.4) is 0 Å². The maximum absolute atomic E-state index is 12.5. The molecule has 3 aromatic rings. The summed E-state index contributed by atoms with van der Waals surface area (Å²) in [4.78, 5) is 17.0. The third-order valence-electron chi connectivity index (χ3n) is 4.83. The lowest BCUT2D eigenvalue weighted by Crippen LogP contribution is -2.21. The summed E-state index contributed by atoms with van der Waals surface area (Å²) in [5.74, 6) is 0.827. The minimum atomic E-state index is -0.259. The number of pyridine rings is 1. The van der Waals surface area contributed by atoms with Gasteiger partial charge in [-0.1, -0.05) is 17.7 Å². The predicted octanol–water partition coefficient (Wildman–Crippen LogP) is 4.90. The highest BCUT2D eigenvalue weighted by Crippen LogP contribution is 2.37. The molecule has 0 amide bonds. The van der Waals surface area contributed by atoms with Gasteiger partial charge in [-0.25, -0.2) is 4.79 Å². The zero-order valence-corrected chi connectivity index (χ0v) is 15.5. The second-order valence-corrected chi connectivity index (χ2v) is 7.39. The molecule has 0 aliphatic heterocycles. The van der Waals surface area contributed by atoms with E-state index in [1.54, 1.807) is 6.07 Å². The van der Waals surface area contributed by atoms with E-state index >= 15 is 0 Å². The van der Waals surface area contributed by atoms with Crippen molar-refractivity contribution in [1.29, 1.82) is 0 Å². The molecule has 2 aromatic heterocycles. The van der Waals surface area contributed by atoms with Crippen molar-refractivity contribution >= 4 is 22.6 Å². The lowest BCUT2D eigenvalue weighted by atomic mass is 9.81. The van der Waals surface area contributed by atoms with Crippen molar-refractivity contribution in [3.63, 3.8) is 0 Å². The molecule has 134 valence electrons. The van der Waals surface area contributed by atoms with Crippen molar-refractivity contribution in [2.45, 2.75) is 45.1 Å². The summed E-state index contributed by atoms with van der Waals surface area (Å²) in [6, 6.07) is 9.55. The number of hydrogen-bond donors (Lipinski definition) is 0. The number of aromatic nitrogens is 1. The van der Waals surface area contributed by atoms with Gasteiger partial charge < -0.3 is 9.15 Å². The van der Waals surface area contributed by atoms with Crippen LogP contribution in [-0.4, -0.2) is 11.1 Å². The molecule has 0 bridgehead atoms. The Bertz CT molecular complexity index is 1010. The van der Waals surface area contributed by atoms with Crippen molar-refractivity contribution in [3.05, 3.63) is 68.8 Å². The van der Waals surface area contributed by atoms with Gasteiger partial charge in [0.15, 0.2) is 0 Å². The van der Waals surface area contributed by atoms with Crippen molar-refractivity contribution < 1.29 is 9.15 Å². The Morgan fingerprint density at radius 1 is 1.27 bits per heavy atom. The fourth-order valence-corrected chi connectivity index (χ4v) is 3.88. The van der Waals surface area contributed by atoms with Crippen molar-refractivity contribution in [2.24, 2.45) is 0 Å². The van der Waals surface area contributed by atoms with Gasteiger partial charge in [0.2, 0.25) is 0 Å². The summed E-state index contributed by atoms with van der Waals surface area (Å²) in [6.45, 7) is 3.86. The summed E-state index contributed by atoms with van der Waals surface area (Å²) in [6.07, 6.45) is 4.14. The molecular formula is C21H20ClNO3. The summed E-state index contributed by atoms with van der Waals surface area (Å²) in [5.41, 5.74) is 3.11. The Labute approximate surface area is 156 Å². The second kappa shape index (κ2) is 6.76. The Morgan fingerprint density at radius 2 is 2.12 bits per heavy atom. The molecular weight excluding hydrogens is 350 g/mol. The van der Waals surface area contributed by atoms with E-state index in [0.717, 1.165) is 35.0 Å². The number of rotatable bonds is 3. The first kappa shape index (κ1) is 17.1. The molecule has 0 saturated heterocycles. The van der Waals surface area contributed by atoms with E-state index in [-0.39, 0.29) is 11.7 Å². The maximum Gasteiger partial charge on any atom is 0.339 e. The quantitative estimate of drug-likeness (QED) is 0.616. The molecule has 1 unspecified atom stereocenters. The highest BCUT2D eigenvalue weighted by molar-refractivity contribution is 6.32. The first-order valence-electron chi connectivity index (χ1n) is 8.88. The van der Waals surface area contributed by atoms with Gasteiger partial charge in [-0.15, -0.1) is 0 Å². The zero-order chi connectivity index (χ0) is 18.3. The normalized spacial score (nSPS) is 16.7. The standard InChI is InChI=1S/C21H20ClNO3/c1-12(2)25-20-11-19-16(10-17(20)22)15-9-13(18-5-3-4-8-23-18)6-7-14(15)21(24)26-19/h3-5,8,10-13H,6-7,9H2,1-2H3. The average molecular weight is 370 g/mol. The van der Waals surface area contributed by atoms with E-state index in [1.807, 2.05) is 44.3 Å². The molecule has 1 aromatic carbocycles. The molecule has 4 nitrogen and oxygen atoms in total. The van der Waals surface area contributed by atoms with Crippen LogP contribution in [0.25, 0.3) is 11.0 Å². The van der Waals surface area contributed by atoms with Gasteiger partial charge in [0.1, 0.15) is 11.3 Å². The van der Waals surface area contributed by atoms with Crippen LogP contribution in [0.2, 0.25) is 5.02 Å². The minimum absolute atomic E-state index is 0.0113. The van der Waals surface area contributed by atoms with Gasteiger partial charge in [0, 0.05) is 34.8 Å². The molecule has 0 N–H and O–H groups in total. The molecule has 5 heteroatoms. The number of nitrogens with zero attached hydrogens (tertiary/aromatic N) is 1. The average Bonchev–Trinajstić information content (AvgIpc) is 2.63. The highest BCUT2D eigenvalue weighted by Gasteiger charge is 2.26. The van der Waals surface area contributed by atoms with Crippen molar-refractivity contribution in [3.8, 4) is 5.75 Å². The van der Waals surface area contributed by atoms with Gasteiger partial charge in [-0.3, -0.25) is 4.98 Å². The molecule has 26 heavy (non-hydrogen) atoms. The van der Waals surface area contributed by atoms with E-state index in [2.05, 4.69) is 4.98 Å². The van der Waals surface area contributed by atoms with Crippen LogP contribution in [0, 0.1) is 0 Å². The molecule has 1 atom stereocenters. The first-order valence-corrected chi connectivity index (χ1v) is 9.26. The molecule has 1 aliphatic carbocycles. The fraction of sp³-hybridized carbons (Fsp3) is 0.333. The number of hydrogen-bond acceptors (Lipinski definition) is 4. The molecule has 0 fully saturated rings. The van der Waals surface area contributed by atoms with Crippen LogP contribution in [0.5, 0.6) is 5.75 Å². The maximum atomic E-state index is 12.5. The van der Waals surface area contributed by atoms with E-state index in [0.29, 0.717) is 28.7 Å². The van der Waals surface area contributed by atoms with Gasteiger partial charge in [-0.05, 0) is 56.9 Å². The summed E-state index contributed by atoms with van der Waals surface area (Å²) >= 11 is 6.43. The van der Waals surface area contributed by atoms with Crippen LogP contribution in [0.1, 0.15) is 43.0 Å². The molecule has 1 aliphatic rings. The zero-order valence-electron chi connectivity index (χ0n) is 14.8. The summed E-state index contributed by atoms with van der Waals surface area (Å²) in [7, 11) is 0. The summed E-state index contributed by atoms with van der Waals surface area (Å²) < 4.78 is 11.3. The fourth-order valence-electron chi connectivity index (χ4n) is 3.67. The van der Waals surface area contributed by atoms with Crippen LogP contribution in [-0.2, 0) is 12.8 Å². The number of benzene rings is 1. The Hall–Kier alpha value is -2.33. The highest BCUT2D eigenvalue weighted by atomic mass is 35.5. The van der Waals surface area contributed by atoms with E-state index in [9.17, 15) is 4.79 Å². The third-order valence-corrected chi connectivity index (χ3v) is 5.13. The molecule has 2 heterocycles. The lowest BCUT2D eigenvalue weighted by molar-refractivity contribution is 0.242. The third kappa shape index (κ3) is 3.10. The van der Waals surface area contributed by atoms with Crippen LogP contribution >= 0.6 is 11.6 Å². The number of halogens is 1. The van der Waals surface area contributed by atoms with Crippen LogP contribution in [0.4, 0.5) is 0 Å². The van der Waals surface area contributed by atoms with Crippen molar-refractivity contribution in [1.82, 2.24) is 4.98 Å². The topological polar surface area (TPSA) is 52.3 Å². The second-order valence-electron chi connectivity index (χ2n) is 6.99. The van der Waals surface area contributed by atoms with Crippen LogP contribution in [0.15, 0.2) is 45.7 Å². The Balaban J connectivity index is 1.83. The van der Waals surface area contributed by atoms with Crippen LogP contribution < -0.4 is 10.4 Å². The van der Waals surface area contributed by atoms with E-state index in [1.165, 1.54) is 0 Å². The van der Waals surface area contributed by atoms with Gasteiger partial charge in [0.25, 0.3) is 0 Å². The predicted molar refractivity (Wildman–Crippen MR) is 102 cm³/mol. The number of fused-ring (bicyclic) bond motifs is 3. The Morgan fingerprint density at radius 3 is 2.85 bits per heavy atom. The number of ether oxygens (including phenoxy) is 1. The minimum Gasteiger partial charge on any atom is -0.489 e. The monoisotopic (exact) mass is 369 g/mol. The molecule has 0 radical (unpaired) electrons. The van der Waals surface area contributed by atoms with Gasteiger partial charge in [0.05, 0.1) is 11.1 Å². The van der Waals surface area contributed by atoms with Crippen molar-refractivity contribution in [2.75, 3.05) is 0 Å². The van der Waals surface area contributed by atoms with E-state index < -0.39 is 0 Å². The van der Waals surface area contributed by atoms with Gasteiger partial charge >= 0.3 is 5.63 Å². The first-order chi connectivity index (χ1) is 12.5. The lowest BCUT2D eigenvalue weighted by Gasteiger charge is -2.24. The largest absolute Gasteiger partial charge is 0.489 e. The molecule has 0 spiro atoms. The SMILES string of the molecule is CC(C)Oc1cc2oc(=O)c3c(c2cc1Cl)CC(c1ccccn1)CC3. The molecule has 0 saturated carbocycles. The Kier molecular flexibility index (Phi) is 4.45.